The maximum absolute atomic E-state index is 12.8. The first kappa shape index (κ1) is 21.1. The minimum Gasteiger partial charge on any atom is -0.496 e. The first-order chi connectivity index (χ1) is 13.8. The van der Waals surface area contributed by atoms with Gasteiger partial charge in [-0.15, -0.1) is 0 Å². The predicted molar refractivity (Wildman–Crippen MR) is 108 cm³/mol. The Morgan fingerprint density at radius 3 is 2.79 bits per heavy atom. The molecular formula is C20H19ClN2O5S. The largest absolute Gasteiger partial charge is 0.496 e. The van der Waals surface area contributed by atoms with Crippen LogP contribution in [0, 0.1) is 17.2 Å². The van der Waals surface area contributed by atoms with Crippen molar-refractivity contribution in [3.05, 3.63) is 52.5 Å². The number of nitrogens with zero attached hydrogens (tertiary/aromatic N) is 1. The molecule has 0 bridgehead atoms. The number of nitrogens with one attached hydrogen (secondary N) is 1. The van der Waals surface area contributed by atoms with Crippen LogP contribution in [0.3, 0.4) is 0 Å². The number of ether oxygens (including phenoxy) is 2. The summed E-state index contributed by atoms with van der Waals surface area (Å²) >= 11 is 5.97. The van der Waals surface area contributed by atoms with E-state index in [0.717, 1.165) is 0 Å². The Kier molecular flexibility index (Phi) is 6.42. The van der Waals surface area contributed by atoms with Crippen LogP contribution in [0.5, 0.6) is 5.75 Å². The molecule has 1 amide bonds. The van der Waals surface area contributed by atoms with Gasteiger partial charge in [0.25, 0.3) is 5.91 Å². The summed E-state index contributed by atoms with van der Waals surface area (Å²) in [6.45, 7) is 0.972. The van der Waals surface area contributed by atoms with Crippen LogP contribution < -0.4 is 10.1 Å². The summed E-state index contributed by atoms with van der Waals surface area (Å²) in [5.74, 6) is -0.446. The zero-order valence-electron chi connectivity index (χ0n) is 15.6. The highest BCUT2D eigenvalue weighted by atomic mass is 35.5. The number of rotatable bonds is 6. The Balaban J connectivity index is 1.89. The van der Waals surface area contributed by atoms with Crippen LogP contribution in [0.1, 0.15) is 22.3 Å². The molecule has 0 aromatic heterocycles. The van der Waals surface area contributed by atoms with E-state index in [0.29, 0.717) is 30.3 Å². The van der Waals surface area contributed by atoms with E-state index in [9.17, 15) is 13.2 Å². The summed E-state index contributed by atoms with van der Waals surface area (Å²) in [4.78, 5) is 12.8. The van der Waals surface area contributed by atoms with Crippen molar-refractivity contribution in [1.29, 1.82) is 5.26 Å². The van der Waals surface area contributed by atoms with Crippen LogP contribution in [0.25, 0.3) is 0 Å². The lowest BCUT2D eigenvalue weighted by Gasteiger charge is -2.13. The number of amides is 1. The summed E-state index contributed by atoms with van der Waals surface area (Å²) < 4.78 is 36.0. The molecule has 1 saturated heterocycles. The van der Waals surface area contributed by atoms with Gasteiger partial charge in [0, 0.05) is 17.3 Å². The van der Waals surface area contributed by atoms with Crippen molar-refractivity contribution in [2.45, 2.75) is 11.3 Å². The number of sulfone groups is 1. The molecule has 1 aliphatic rings. The standard InChI is InChI=1S/C20H19ClN2O5S/c1-27-19-3-2-17(29(25,26)12-13-4-5-28-11-13)9-18(19)20(24)23-16-7-14(10-22)6-15(21)8-16/h2-3,6-9,13H,4-5,11-12H2,1H3,(H,23,24)/t13-/m0/s1. The third kappa shape index (κ3) is 5.07. The zero-order chi connectivity index (χ0) is 21.0. The molecule has 7 nitrogen and oxygen atoms in total. The Hall–Kier alpha value is -2.60. The molecule has 1 aliphatic heterocycles. The van der Waals surface area contributed by atoms with Crippen LogP contribution in [0.15, 0.2) is 41.3 Å². The second-order valence-electron chi connectivity index (χ2n) is 6.67. The summed E-state index contributed by atoms with van der Waals surface area (Å²) in [5, 5.41) is 12.0. The Morgan fingerprint density at radius 1 is 1.34 bits per heavy atom. The van der Waals surface area contributed by atoms with Crippen LogP contribution >= 0.6 is 11.6 Å². The Bertz CT molecular complexity index is 1070. The molecule has 3 rings (SSSR count). The van der Waals surface area contributed by atoms with Gasteiger partial charge in [-0.05, 0) is 48.7 Å². The smallest absolute Gasteiger partial charge is 0.259 e. The molecule has 1 heterocycles. The Morgan fingerprint density at radius 2 is 2.14 bits per heavy atom. The highest BCUT2D eigenvalue weighted by molar-refractivity contribution is 7.91. The highest BCUT2D eigenvalue weighted by Gasteiger charge is 2.26. The number of halogens is 1. The molecule has 0 aliphatic carbocycles. The van der Waals surface area contributed by atoms with E-state index in [2.05, 4.69) is 5.32 Å². The molecular weight excluding hydrogens is 416 g/mol. The maximum Gasteiger partial charge on any atom is 0.259 e. The number of carbonyl (C=O) groups excluding carboxylic acids is 1. The first-order valence-corrected chi connectivity index (χ1v) is 10.9. The molecule has 0 radical (unpaired) electrons. The number of hydrogen-bond acceptors (Lipinski definition) is 6. The van der Waals surface area contributed by atoms with E-state index in [4.69, 9.17) is 26.3 Å². The van der Waals surface area contributed by atoms with Crippen LogP contribution in [0.2, 0.25) is 5.02 Å². The van der Waals surface area contributed by atoms with Crippen molar-refractivity contribution < 1.29 is 22.7 Å². The molecule has 0 unspecified atom stereocenters. The molecule has 29 heavy (non-hydrogen) atoms. The second kappa shape index (κ2) is 8.82. The summed E-state index contributed by atoms with van der Waals surface area (Å²) in [7, 11) is -2.20. The number of carbonyl (C=O) groups is 1. The van der Waals surface area contributed by atoms with E-state index in [1.807, 2.05) is 6.07 Å². The van der Waals surface area contributed by atoms with Crippen molar-refractivity contribution in [1.82, 2.24) is 0 Å². The van der Waals surface area contributed by atoms with E-state index >= 15 is 0 Å². The van der Waals surface area contributed by atoms with Crippen molar-refractivity contribution in [3.63, 3.8) is 0 Å². The fourth-order valence-corrected chi connectivity index (χ4v) is 4.99. The molecule has 1 atom stereocenters. The molecule has 0 saturated carbocycles. The highest BCUT2D eigenvalue weighted by Crippen LogP contribution is 2.27. The van der Waals surface area contributed by atoms with Crippen molar-refractivity contribution in [2.24, 2.45) is 5.92 Å². The number of anilines is 1. The molecule has 2 aromatic rings. The fraction of sp³-hybridized carbons (Fsp3) is 0.300. The van der Waals surface area contributed by atoms with Gasteiger partial charge in [-0.1, -0.05) is 11.6 Å². The number of hydrogen-bond donors (Lipinski definition) is 1. The minimum absolute atomic E-state index is 0.0409. The van der Waals surface area contributed by atoms with Gasteiger partial charge in [0.2, 0.25) is 0 Å². The van der Waals surface area contributed by atoms with Gasteiger partial charge in [-0.25, -0.2) is 8.42 Å². The van der Waals surface area contributed by atoms with Gasteiger partial charge >= 0.3 is 0 Å². The van der Waals surface area contributed by atoms with Crippen LogP contribution in [0.4, 0.5) is 5.69 Å². The maximum atomic E-state index is 12.8. The monoisotopic (exact) mass is 434 g/mol. The van der Waals surface area contributed by atoms with Gasteiger partial charge < -0.3 is 14.8 Å². The third-order valence-electron chi connectivity index (χ3n) is 4.54. The topological polar surface area (TPSA) is 105 Å². The van der Waals surface area contributed by atoms with Gasteiger partial charge in [0.05, 0.1) is 41.6 Å². The number of nitriles is 1. The van der Waals surface area contributed by atoms with E-state index in [1.54, 1.807) is 0 Å². The zero-order valence-corrected chi connectivity index (χ0v) is 17.2. The minimum atomic E-state index is -3.59. The normalized spacial score (nSPS) is 16.2. The van der Waals surface area contributed by atoms with E-state index in [-0.39, 0.29) is 33.4 Å². The number of benzene rings is 2. The average Bonchev–Trinajstić information content (AvgIpc) is 3.19. The van der Waals surface area contributed by atoms with Gasteiger partial charge in [-0.3, -0.25) is 4.79 Å². The van der Waals surface area contributed by atoms with E-state index < -0.39 is 15.7 Å². The fourth-order valence-electron chi connectivity index (χ4n) is 3.10. The van der Waals surface area contributed by atoms with Crippen LogP contribution in [-0.4, -0.2) is 40.4 Å². The van der Waals surface area contributed by atoms with Gasteiger partial charge in [0.15, 0.2) is 9.84 Å². The van der Waals surface area contributed by atoms with Crippen molar-refractivity contribution >= 4 is 33.0 Å². The Labute approximate surface area is 174 Å². The molecule has 0 spiro atoms. The number of methoxy groups -OCH3 is 1. The van der Waals surface area contributed by atoms with Crippen LogP contribution in [-0.2, 0) is 14.6 Å². The molecule has 2 aromatic carbocycles. The lowest BCUT2D eigenvalue weighted by molar-refractivity contribution is 0.102. The summed E-state index contributed by atoms with van der Waals surface area (Å²) in [5.41, 5.74) is 0.669. The molecule has 152 valence electrons. The SMILES string of the molecule is COc1ccc(S(=O)(=O)C[C@H]2CCOC2)cc1C(=O)Nc1cc(Cl)cc(C#N)c1. The lowest BCUT2D eigenvalue weighted by Crippen LogP contribution is -2.18. The average molecular weight is 435 g/mol. The second-order valence-corrected chi connectivity index (χ2v) is 9.14. The molecule has 1 N–H and O–H groups in total. The lowest BCUT2D eigenvalue weighted by atomic mass is 10.1. The first-order valence-electron chi connectivity index (χ1n) is 8.83. The quantitative estimate of drug-likeness (QED) is 0.747. The summed E-state index contributed by atoms with van der Waals surface area (Å²) in [6, 6.07) is 10.6. The molecule has 9 heteroatoms. The third-order valence-corrected chi connectivity index (χ3v) is 6.64. The van der Waals surface area contributed by atoms with Crippen molar-refractivity contribution in [3.8, 4) is 11.8 Å². The van der Waals surface area contributed by atoms with E-state index in [1.165, 1.54) is 43.5 Å². The van der Waals surface area contributed by atoms with Gasteiger partial charge in [-0.2, -0.15) is 5.26 Å². The molecule has 1 fully saturated rings. The predicted octanol–water partition coefficient (Wildman–Crippen LogP) is 3.28. The van der Waals surface area contributed by atoms with Gasteiger partial charge in [0.1, 0.15) is 5.75 Å². The van der Waals surface area contributed by atoms with Crippen molar-refractivity contribution in [2.75, 3.05) is 31.4 Å². The summed E-state index contributed by atoms with van der Waals surface area (Å²) in [6.07, 6.45) is 0.693.